The molecular weight excluding hydrogens is 288 g/mol. The number of nitrogens with zero attached hydrogens (tertiary/aromatic N) is 4. The smallest absolute Gasteiger partial charge is 0.282 e. The van der Waals surface area contributed by atoms with Gasteiger partial charge in [-0.25, -0.2) is 0 Å². The van der Waals surface area contributed by atoms with E-state index in [9.17, 15) is 8.42 Å². The highest BCUT2D eigenvalue weighted by molar-refractivity contribution is 7.86. The Morgan fingerprint density at radius 3 is 2.24 bits per heavy atom. The standard InChI is InChI=1S/C14H22N4O2S/c19-21(20,17-7-3-4-8-17)18-11-9-16(10-12-18)13-14-5-1-2-6-15-14/h1-2,5-6H,3-4,7-13H2. The van der Waals surface area contributed by atoms with Gasteiger partial charge >= 0.3 is 0 Å². The molecule has 0 unspecified atom stereocenters. The molecule has 1 aromatic rings. The van der Waals surface area contributed by atoms with E-state index in [2.05, 4.69) is 9.88 Å². The average molecular weight is 310 g/mol. The van der Waals surface area contributed by atoms with E-state index < -0.39 is 10.2 Å². The van der Waals surface area contributed by atoms with Crippen molar-refractivity contribution in [3.63, 3.8) is 0 Å². The molecule has 3 rings (SSSR count). The van der Waals surface area contributed by atoms with Gasteiger partial charge in [-0.1, -0.05) is 6.07 Å². The lowest BCUT2D eigenvalue weighted by Crippen LogP contribution is -2.52. The van der Waals surface area contributed by atoms with Crippen molar-refractivity contribution in [3.05, 3.63) is 30.1 Å². The number of aromatic nitrogens is 1. The Morgan fingerprint density at radius 1 is 0.952 bits per heavy atom. The topological polar surface area (TPSA) is 56.8 Å². The monoisotopic (exact) mass is 310 g/mol. The zero-order chi connectivity index (χ0) is 14.7. The van der Waals surface area contributed by atoms with Gasteiger partial charge in [0.2, 0.25) is 0 Å². The molecule has 0 aliphatic carbocycles. The second-order valence-electron chi connectivity index (χ2n) is 5.61. The molecule has 2 aliphatic rings. The Balaban J connectivity index is 1.55. The summed E-state index contributed by atoms with van der Waals surface area (Å²) in [6.07, 6.45) is 3.77. The first-order chi connectivity index (χ1) is 10.2. The normalized spacial score (nSPS) is 22.7. The second-order valence-corrected chi connectivity index (χ2v) is 7.54. The van der Waals surface area contributed by atoms with Crippen LogP contribution in [0.2, 0.25) is 0 Å². The van der Waals surface area contributed by atoms with Gasteiger partial charge in [-0.15, -0.1) is 0 Å². The van der Waals surface area contributed by atoms with Crippen LogP contribution < -0.4 is 0 Å². The van der Waals surface area contributed by atoms with E-state index in [1.807, 2.05) is 18.2 Å². The summed E-state index contributed by atoms with van der Waals surface area (Å²) in [7, 11) is -3.23. The number of pyridine rings is 1. The SMILES string of the molecule is O=S(=O)(N1CCCC1)N1CCN(Cc2ccccn2)CC1. The van der Waals surface area contributed by atoms with E-state index >= 15 is 0 Å². The lowest BCUT2D eigenvalue weighted by Gasteiger charge is -2.35. The number of hydrogen-bond acceptors (Lipinski definition) is 4. The van der Waals surface area contributed by atoms with Crippen LogP contribution in [0, 0.1) is 0 Å². The quantitative estimate of drug-likeness (QED) is 0.814. The Morgan fingerprint density at radius 2 is 1.62 bits per heavy atom. The van der Waals surface area contributed by atoms with Crippen LogP contribution in [0.25, 0.3) is 0 Å². The summed E-state index contributed by atoms with van der Waals surface area (Å²) in [5, 5.41) is 0. The highest BCUT2D eigenvalue weighted by atomic mass is 32.2. The lowest BCUT2D eigenvalue weighted by atomic mass is 10.3. The number of rotatable bonds is 4. The molecule has 7 heteroatoms. The van der Waals surface area contributed by atoms with Gasteiger partial charge in [-0.2, -0.15) is 17.0 Å². The highest BCUT2D eigenvalue weighted by Gasteiger charge is 2.33. The predicted octanol–water partition coefficient (Wildman–Crippen LogP) is 0.540. The summed E-state index contributed by atoms with van der Waals surface area (Å²) in [6, 6.07) is 5.90. The fraction of sp³-hybridized carbons (Fsp3) is 0.643. The zero-order valence-corrected chi connectivity index (χ0v) is 13.0. The Bertz CT molecular complexity index is 550. The third-order valence-corrected chi connectivity index (χ3v) is 6.20. The van der Waals surface area contributed by atoms with E-state index in [4.69, 9.17) is 0 Å². The van der Waals surface area contributed by atoms with Gasteiger partial charge < -0.3 is 0 Å². The first kappa shape index (κ1) is 14.9. The van der Waals surface area contributed by atoms with Crippen LogP contribution in [0.15, 0.2) is 24.4 Å². The highest BCUT2D eigenvalue weighted by Crippen LogP contribution is 2.18. The van der Waals surface area contributed by atoms with Crippen molar-refractivity contribution in [2.24, 2.45) is 0 Å². The fourth-order valence-electron chi connectivity index (χ4n) is 2.92. The molecule has 0 amide bonds. The molecule has 0 spiro atoms. The minimum Gasteiger partial charge on any atom is -0.295 e. The van der Waals surface area contributed by atoms with Gasteiger partial charge in [0.25, 0.3) is 10.2 Å². The van der Waals surface area contributed by atoms with Gasteiger partial charge in [-0.05, 0) is 25.0 Å². The summed E-state index contributed by atoms with van der Waals surface area (Å²) in [5.74, 6) is 0. The molecular formula is C14H22N4O2S. The Labute approximate surface area is 126 Å². The van der Waals surface area contributed by atoms with Crippen molar-refractivity contribution in [2.45, 2.75) is 19.4 Å². The van der Waals surface area contributed by atoms with Gasteiger partial charge in [0.15, 0.2) is 0 Å². The number of hydrogen-bond donors (Lipinski definition) is 0. The summed E-state index contributed by atoms with van der Waals surface area (Å²) in [6.45, 7) is 4.83. The molecule has 2 saturated heterocycles. The van der Waals surface area contributed by atoms with Crippen LogP contribution >= 0.6 is 0 Å². The summed E-state index contributed by atoms with van der Waals surface area (Å²) in [5.41, 5.74) is 1.04. The maximum atomic E-state index is 12.5. The lowest BCUT2D eigenvalue weighted by molar-refractivity contribution is 0.174. The molecule has 116 valence electrons. The first-order valence-corrected chi connectivity index (χ1v) is 8.93. The Hall–Kier alpha value is -1.02. The predicted molar refractivity (Wildman–Crippen MR) is 80.8 cm³/mol. The maximum Gasteiger partial charge on any atom is 0.282 e. The van der Waals surface area contributed by atoms with Crippen LogP contribution in [-0.2, 0) is 16.8 Å². The van der Waals surface area contributed by atoms with E-state index in [0.29, 0.717) is 26.2 Å². The van der Waals surface area contributed by atoms with Crippen molar-refractivity contribution in [2.75, 3.05) is 39.3 Å². The molecule has 1 aromatic heterocycles. The molecule has 0 atom stereocenters. The molecule has 0 saturated carbocycles. The minimum atomic E-state index is -3.23. The minimum absolute atomic E-state index is 0.575. The fourth-order valence-corrected chi connectivity index (χ4v) is 4.59. The number of piperazine rings is 1. The maximum absolute atomic E-state index is 12.5. The molecule has 0 aromatic carbocycles. The summed E-state index contributed by atoms with van der Waals surface area (Å²) < 4.78 is 28.2. The molecule has 6 nitrogen and oxygen atoms in total. The van der Waals surface area contributed by atoms with E-state index in [0.717, 1.165) is 38.2 Å². The third kappa shape index (κ3) is 3.42. The van der Waals surface area contributed by atoms with Crippen molar-refractivity contribution < 1.29 is 8.42 Å². The summed E-state index contributed by atoms with van der Waals surface area (Å²) in [4.78, 5) is 6.58. The van der Waals surface area contributed by atoms with E-state index in [1.54, 1.807) is 14.8 Å². The molecule has 0 bridgehead atoms. The van der Waals surface area contributed by atoms with Crippen molar-refractivity contribution in [1.82, 2.24) is 18.5 Å². The summed E-state index contributed by atoms with van der Waals surface area (Å²) >= 11 is 0. The van der Waals surface area contributed by atoms with E-state index in [-0.39, 0.29) is 0 Å². The molecule has 3 heterocycles. The first-order valence-electron chi connectivity index (χ1n) is 7.54. The van der Waals surface area contributed by atoms with Crippen LogP contribution in [0.4, 0.5) is 0 Å². The average Bonchev–Trinajstić information content (AvgIpc) is 3.04. The molecule has 0 N–H and O–H groups in total. The molecule has 2 aliphatic heterocycles. The van der Waals surface area contributed by atoms with Gasteiger partial charge in [0, 0.05) is 52.0 Å². The third-order valence-electron chi connectivity index (χ3n) is 4.16. The van der Waals surface area contributed by atoms with Crippen LogP contribution in [-0.4, -0.2) is 66.2 Å². The Kier molecular flexibility index (Phi) is 4.54. The molecule has 21 heavy (non-hydrogen) atoms. The van der Waals surface area contributed by atoms with Crippen molar-refractivity contribution in [1.29, 1.82) is 0 Å². The zero-order valence-electron chi connectivity index (χ0n) is 12.2. The van der Waals surface area contributed by atoms with Crippen LogP contribution in [0.5, 0.6) is 0 Å². The molecule has 0 radical (unpaired) electrons. The van der Waals surface area contributed by atoms with Gasteiger partial charge in [0.05, 0.1) is 5.69 Å². The van der Waals surface area contributed by atoms with Crippen molar-refractivity contribution in [3.8, 4) is 0 Å². The van der Waals surface area contributed by atoms with Gasteiger partial charge in [-0.3, -0.25) is 9.88 Å². The largest absolute Gasteiger partial charge is 0.295 e. The van der Waals surface area contributed by atoms with Crippen LogP contribution in [0.3, 0.4) is 0 Å². The van der Waals surface area contributed by atoms with Crippen molar-refractivity contribution >= 4 is 10.2 Å². The second kappa shape index (κ2) is 6.39. The van der Waals surface area contributed by atoms with E-state index in [1.165, 1.54) is 0 Å². The van der Waals surface area contributed by atoms with Gasteiger partial charge in [0.1, 0.15) is 0 Å². The van der Waals surface area contributed by atoms with Crippen LogP contribution in [0.1, 0.15) is 18.5 Å². The molecule has 2 fully saturated rings.